The maximum Gasteiger partial charge on any atom is 0.237 e. The van der Waals surface area contributed by atoms with E-state index >= 15 is 0 Å². The van der Waals surface area contributed by atoms with E-state index in [4.69, 9.17) is 14.7 Å². The first-order chi connectivity index (χ1) is 10.7. The van der Waals surface area contributed by atoms with Crippen LogP contribution in [0.25, 0.3) is 11.3 Å². The van der Waals surface area contributed by atoms with Crippen LogP contribution in [-0.4, -0.2) is 30.9 Å². The summed E-state index contributed by atoms with van der Waals surface area (Å²) in [6.45, 7) is 0. The third kappa shape index (κ3) is 3.90. The molecule has 2 aromatic rings. The van der Waals surface area contributed by atoms with Crippen molar-refractivity contribution in [2.75, 3.05) is 25.3 Å². The van der Waals surface area contributed by atoms with Crippen molar-refractivity contribution in [3.8, 4) is 28.2 Å². The molecule has 0 saturated carbocycles. The number of thiocyanates is 1. The first kappa shape index (κ1) is 16.1. The van der Waals surface area contributed by atoms with Crippen LogP contribution in [0.5, 0.6) is 11.5 Å². The van der Waals surface area contributed by atoms with Crippen molar-refractivity contribution in [3.63, 3.8) is 0 Å². The Morgan fingerprint density at radius 3 is 2.95 bits per heavy atom. The number of hydrogen-bond donors (Lipinski definition) is 1. The average molecular weight is 335 g/mol. The van der Waals surface area contributed by atoms with Crippen LogP contribution in [0.2, 0.25) is 0 Å². The summed E-state index contributed by atoms with van der Waals surface area (Å²) in [5.74, 6) is 1.16. The van der Waals surface area contributed by atoms with Crippen molar-refractivity contribution in [2.24, 2.45) is 0 Å². The van der Waals surface area contributed by atoms with Crippen molar-refractivity contribution in [1.82, 2.24) is 4.98 Å². The number of nitriles is 1. The van der Waals surface area contributed by atoms with Crippen LogP contribution >= 0.6 is 23.1 Å². The number of ether oxygens (including phenoxy) is 2. The maximum absolute atomic E-state index is 11.6. The Labute approximate surface area is 136 Å². The van der Waals surface area contributed by atoms with Crippen molar-refractivity contribution in [3.05, 3.63) is 23.6 Å². The van der Waals surface area contributed by atoms with Gasteiger partial charge in [-0.1, -0.05) is 0 Å². The molecule has 1 heterocycles. The third-order valence-corrected chi connectivity index (χ3v) is 4.00. The van der Waals surface area contributed by atoms with Gasteiger partial charge in [0.2, 0.25) is 5.91 Å². The molecule has 0 saturated heterocycles. The minimum Gasteiger partial charge on any atom is -0.497 e. The summed E-state index contributed by atoms with van der Waals surface area (Å²) in [6, 6.07) is 5.44. The summed E-state index contributed by atoms with van der Waals surface area (Å²) in [5, 5.41) is 15.3. The molecular formula is C14H13N3O3S2. The molecule has 1 amide bonds. The molecule has 114 valence electrons. The molecule has 0 aliphatic rings. The number of benzene rings is 1. The van der Waals surface area contributed by atoms with Gasteiger partial charge in [0.15, 0.2) is 5.13 Å². The second-order valence-electron chi connectivity index (χ2n) is 4.03. The van der Waals surface area contributed by atoms with E-state index in [1.165, 1.54) is 11.3 Å². The average Bonchev–Trinajstić information content (AvgIpc) is 3.00. The van der Waals surface area contributed by atoms with Gasteiger partial charge in [-0.3, -0.25) is 4.79 Å². The van der Waals surface area contributed by atoms with E-state index < -0.39 is 0 Å². The number of carbonyl (C=O) groups is 1. The molecule has 0 unspecified atom stereocenters. The van der Waals surface area contributed by atoms with Gasteiger partial charge in [-0.25, -0.2) is 4.98 Å². The lowest BCUT2D eigenvalue weighted by Gasteiger charge is -2.08. The first-order valence-electron chi connectivity index (χ1n) is 6.16. The molecule has 1 N–H and O–H groups in total. The number of aromatic nitrogens is 1. The summed E-state index contributed by atoms with van der Waals surface area (Å²) >= 11 is 2.20. The Bertz CT molecular complexity index is 710. The molecule has 0 aliphatic heterocycles. The number of amides is 1. The number of hydrogen-bond acceptors (Lipinski definition) is 7. The fourth-order valence-corrected chi connectivity index (χ4v) is 2.71. The van der Waals surface area contributed by atoms with Crippen LogP contribution in [0.3, 0.4) is 0 Å². The zero-order chi connectivity index (χ0) is 15.9. The van der Waals surface area contributed by atoms with Crippen molar-refractivity contribution >= 4 is 34.1 Å². The van der Waals surface area contributed by atoms with Gasteiger partial charge in [0, 0.05) is 17.0 Å². The number of nitrogens with zero attached hydrogens (tertiary/aromatic N) is 2. The number of rotatable bonds is 6. The van der Waals surface area contributed by atoms with E-state index in [0.29, 0.717) is 22.3 Å². The highest BCUT2D eigenvalue weighted by Gasteiger charge is 2.12. The summed E-state index contributed by atoms with van der Waals surface area (Å²) in [4.78, 5) is 15.9. The lowest BCUT2D eigenvalue weighted by atomic mass is 10.1. The van der Waals surface area contributed by atoms with Crippen LogP contribution in [-0.2, 0) is 4.79 Å². The predicted octanol–water partition coefficient (Wildman–Crippen LogP) is 2.98. The highest BCUT2D eigenvalue weighted by Crippen LogP contribution is 2.34. The molecule has 0 bridgehead atoms. The predicted molar refractivity (Wildman–Crippen MR) is 87.4 cm³/mol. The van der Waals surface area contributed by atoms with Gasteiger partial charge in [0.1, 0.15) is 16.9 Å². The normalized spacial score (nSPS) is 9.86. The van der Waals surface area contributed by atoms with Crippen molar-refractivity contribution < 1.29 is 14.3 Å². The van der Waals surface area contributed by atoms with Crippen LogP contribution in [0.15, 0.2) is 23.6 Å². The summed E-state index contributed by atoms with van der Waals surface area (Å²) in [6.07, 6.45) is 0. The molecule has 6 nitrogen and oxygen atoms in total. The van der Waals surface area contributed by atoms with Crippen LogP contribution < -0.4 is 14.8 Å². The number of nitrogens with one attached hydrogen (secondary N) is 1. The minimum atomic E-state index is -0.255. The van der Waals surface area contributed by atoms with Crippen molar-refractivity contribution in [2.45, 2.75) is 0 Å². The highest BCUT2D eigenvalue weighted by atomic mass is 32.2. The van der Waals surface area contributed by atoms with E-state index in [1.54, 1.807) is 20.3 Å². The molecule has 8 heteroatoms. The number of thioether (sulfide) groups is 1. The van der Waals surface area contributed by atoms with Gasteiger partial charge in [-0.05, 0) is 23.9 Å². The molecule has 0 atom stereocenters. The highest BCUT2D eigenvalue weighted by molar-refractivity contribution is 8.04. The lowest BCUT2D eigenvalue weighted by Crippen LogP contribution is -2.13. The maximum atomic E-state index is 11.6. The van der Waals surface area contributed by atoms with Crippen LogP contribution in [0.4, 0.5) is 5.13 Å². The van der Waals surface area contributed by atoms with Crippen molar-refractivity contribution in [1.29, 1.82) is 5.26 Å². The Balaban J connectivity index is 2.18. The van der Waals surface area contributed by atoms with Crippen LogP contribution in [0, 0.1) is 10.7 Å². The molecule has 22 heavy (non-hydrogen) atoms. The van der Waals surface area contributed by atoms with Gasteiger partial charge < -0.3 is 14.8 Å². The molecule has 0 spiro atoms. The minimum absolute atomic E-state index is 0.0806. The lowest BCUT2D eigenvalue weighted by molar-refractivity contribution is -0.113. The molecule has 1 aromatic carbocycles. The van der Waals surface area contributed by atoms with E-state index in [1.807, 2.05) is 22.9 Å². The zero-order valence-electron chi connectivity index (χ0n) is 12.0. The molecule has 1 aromatic heterocycles. The second kappa shape index (κ2) is 7.68. The molecule has 0 fully saturated rings. The van der Waals surface area contributed by atoms with E-state index in [9.17, 15) is 4.79 Å². The fourth-order valence-electron chi connectivity index (χ4n) is 1.72. The summed E-state index contributed by atoms with van der Waals surface area (Å²) in [7, 11) is 3.16. The number of anilines is 1. The summed E-state index contributed by atoms with van der Waals surface area (Å²) < 4.78 is 10.5. The topological polar surface area (TPSA) is 84.2 Å². The largest absolute Gasteiger partial charge is 0.497 e. The fraction of sp³-hybridized carbons (Fsp3) is 0.214. The van der Waals surface area contributed by atoms with E-state index in [0.717, 1.165) is 17.3 Å². The number of thiazole rings is 1. The van der Waals surface area contributed by atoms with Gasteiger partial charge in [-0.15, -0.1) is 11.3 Å². The Morgan fingerprint density at radius 1 is 1.45 bits per heavy atom. The first-order valence-corrected chi connectivity index (χ1v) is 8.03. The Kier molecular flexibility index (Phi) is 5.63. The van der Waals surface area contributed by atoms with Gasteiger partial charge >= 0.3 is 0 Å². The second-order valence-corrected chi connectivity index (χ2v) is 5.65. The number of carbonyl (C=O) groups excluding carboxylic acids is 1. The number of methoxy groups -OCH3 is 2. The van der Waals surface area contributed by atoms with Crippen LogP contribution in [0.1, 0.15) is 0 Å². The zero-order valence-corrected chi connectivity index (χ0v) is 13.6. The quantitative estimate of drug-likeness (QED) is 0.817. The van der Waals surface area contributed by atoms with E-state index in [-0.39, 0.29) is 11.7 Å². The monoisotopic (exact) mass is 335 g/mol. The SMILES string of the molecule is COc1ccc(-c2csc(NC(=O)CSC#N)n2)c(OC)c1. The van der Waals surface area contributed by atoms with Gasteiger partial charge in [0.25, 0.3) is 0 Å². The van der Waals surface area contributed by atoms with Gasteiger partial charge in [0.05, 0.1) is 25.7 Å². The Hall–Kier alpha value is -2.24. The van der Waals surface area contributed by atoms with Gasteiger partial charge in [-0.2, -0.15) is 5.26 Å². The molecular weight excluding hydrogens is 322 g/mol. The third-order valence-electron chi connectivity index (χ3n) is 2.70. The molecule has 0 radical (unpaired) electrons. The summed E-state index contributed by atoms with van der Waals surface area (Å²) in [5.41, 5.74) is 1.51. The molecule has 2 rings (SSSR count). The Morgan fingerprint density at radius 2 is 2.27 bits per heavy atom. The smallest absolute Gasteiger partial charge is 0.237 e. The van der Waals surface area contributed by atoms with E-state index in [2.05, 4.69) is 10.3 Å². The molecule has 0 aliphatic carbocycles. The standard InChI is InChI=1S/C14H13N3O3S2/c1-19-9-3-4-10(12(5-9)20-2)11-6-22-14(16-11)17-13(18)7-21-8-15/h3-6H,7H2,1-2H3,(H,16,17,18).